The zero-order chi connectivity index (χ0) is 23.9. The lowest BCUT2D eigenvalue weighted by molar-refractivity contribution is -0.138. The van der Waals surface area contributed by atoms with E-state index in [9.17, 15) is 26.7 Å². The molecule has 0 fully saturated rings. The predicted octanol–water partition coefficient (Wildman–Crippen LogP) is 2.71. The number of carbonyl (C=O) groups is 1. The molecule has 0 saturated heterocycles. The third-order valence-corrected chi connectivity index (χ3v) is 7.08. The van der Waals surface area contributed by atoms with Gasteiger partial charge < -0.3 is 9.29 Å². The molecular formula is C23H23NO7S2. The topological polar surface area (TPSA) is 127 Å². The van der Waals surface area contributed by atoms with Crippen molar-refractivity contribution in [1.82, 2.24) is 4.72 Å². The summed E-state index contributed by atoms with van der Waals surface area (Å²) in [5.41, 5.74) is 1.62. The van der Waals surface area contributed by atoms with Crippen LogP contribution in [0.3, 0.4) is 0 Å². The molecule has 0 aliphatic heterocycles. The first kappa shape index (κ1) is 24.4. The number of sulfonamides is 1. The molecule has 10 heteroatoms. The molecule has 8 nitrogen and oxygen atoms in total. The SMILES string of the molecule is O=C(O)C(Cc1ccc(OS(=O)(=O)Cc2ccccc2)cc1)NS(=O)(=O)Cc1ccccc1. The van der Waals surface area contributed by atoms with Crippen LogP contribution in [-0.4, -0.2) is 34.0 Å². The summed E-state index contributed by atoms with van der Waals surface area (Å²) in [7, 11) is -7.77. The van der Waals surface area contributed by atoms with Crippen LogP contribution in [0.15, 0.2) is 84.9 Å². The highest BCUT2D eigenvalue weighted by Gasteiger charge is 2.25. The lowest BCUT2D eigenvalue weighted by atomic mass is 10.1. The van der Waals surface area contributed by atoms with Gasteiger partial charge >= 0.3 is 16.1 Å². The van der Waals surface area contributed by atoms with Crippen molar-refractivity contribution in [3.8, 4) is 5.75 Å². The Hall–Kier alpha value is -3.21. The summed E-state index contributed by atoms with van der Waals surface area (Å²) in [5.74, 6) is -1.88. The third-order valence-electron chi connectivity index (χ3n) is 4.59. The van der Waals surface area contributed by atoms with Crippen LogP contribution in [0.2, 0.25) is 0 Å². The number of benzene rings is 3. The molecule has 3 aromatic rings. The fourth-order valence-corrected chi connectivity index (χ4v) is 5.50. The lowest BCUT2D eigenvalue weighted by Gasteiger charge is -2.15. The van der Waals surface area contributed by atoms with Crippen LogP contribution in [-0.2, 0) is 42.9 Å². The van der Waals surface area contributed by atoms with E-state index in [2.05, 4.69) is 4.72 Å². The molecule has 0 aromatic heterocycles. The number of rotatable bonds is 11. The Bertz CT molecular complexity index is 1280. The summed E-state index contributed by atoms with van der Waals surface area (Å²) in [6.07, 6.45) is -0.125. The number of carboxylic acid groups (broad SMARTS) is 1. The first-order valence-electron chi connectivity index (χ1n) is 9.94. The fraction of sp³-hybridized carbons (Fsp3) is 0.174. The molecule has 1 atom stereocenters. The van der Waals surface area contributed by atoms with Crippen LogP contribution in [0.1, 0.15) is 16.7 Å². The van der Waals surface area contributed by atoms with E-state index in [0.717, 1.165) is 0 Å². The average molecular weight is 490 g/mol. The second-order valence-corrected chi connectivity index (χ2v) is 10.7. The highest BCUT2D eigenvalue weighted by atomic mass is 32.2. The van der Waals surface area contributed by atoms with Crippen molar-refractivity contribution in [2.45, 2.75) is 24.0 Å². The fourth-order valence-electron chi connectivity index (χ4n) is 3.10. The maximum Gasteiger partial charge on any atom is 0.322 e. The zero-order valence-corrected chi connectivity index (χ0v) is 19.1. The van der Waals surface area contributed by atoms with E-state index in [1.165, 1.54) is 24.3 Å². The smallest absolute Gasteiger partial charge is 0.322 e. The normalized spacial score (nSPS) is 12.7. The molecule has 0 bridgehead atoms. The Kier molecular flexibility index (Phi) is 7.85. The van der Waals surface area contributed by atoms with Gasteiger partial charge in [0.25, 0.3) is 0 Å². The second-order valence-electron chi connectivity index (χ2n) is 7.37. The van der Waals surface area contributed by atoms with Crippen molar-refractivity contribution in [1.29, 1.82) is 0 Å². The Balaban J connectivity index is 1.63. The molecule has 0 spiro atoms. The van der Waals surface area contributed by atoms with Gasteiger partial charge in [-0.1, -0.05) is 72.8 Å². The van der Waals surface area contributed by atoms with Gasteiger partial charge in [-0.05, 0) is 35.2 Å². The van der Waals surface area contributed by atoms with Gasteiger partial charge in [0.15, 0.2) is 0 Å². The van der Waals surface area contributed by atoms with E-state index in [1.54, 1.807) is 60.7 Å². The van der Waals surface area contributed by atoms with E-state index in [-0.39, 0.29) is 23.7 Å². The largest absolute Gasteiger partial charge is 0.480 e. The first-order chi connectivity index (χ1) is 15.6. The predicted molar refractivity (Wildman–Crippen MR) is 123 cm³/mol. The maximum atomic E-state index is 12.4. The third kappa shape index (κ3) is 8.01. The van der Waals surface area contributed by atoms with Gasteiger partial charge in [-0.25, -0.2) is 13.1 Å². The molecular weight excluding hydrogens is 466 g/mol. The summed E-state index contributed by atoms with van der Waals surface area (Å²) in [4.78, 5) is 11.6. The molecule has 3 rings (SSSR count). The molecule has 0 amide bonds. The molecule has 0 radical (unpaired) electrons. The average Bonchev–Trinajstić information content (AvgIpc) is 2.75. The summed E-state index contributed by atoms with van der Waals surface area (Å²) in [6, 6.07) is 21.4. The first-order valence-corrected chi connectivity index (χ1v) is 13.2. The zero-order valence-electron chi connectivity index (χ0n) is 17.5. The van der Waals surface area contributed by atoms with Gasteiger partial charge in [0.1, 0.15) is 17.5 Å². The van der Waals surface area contributed by atoms with Crippen LogP contribution in [0, 0.1) is 0 Å². The van der Waals surface area contributed by atoms with Crippen molar-refractivity contribution in [2.75, 3.05) is 0 Å². The van der Waals surface area contributed by atoms with Crippen molar-refractivity contribution in [3.05, 3.63) is 102 Å². The molecule has 0 aliphatic rings. The van der Waals surface area contributed by atoms with Crippen LogP contribution in [0.5, 0.6) is 5.75 Å². The van der Waals surface area contributed by atoms with Crippen LogP contribution >= 0.6 is 0 Å². The van der Waals surface area contributed by atoms with E-state index < -0.39 is 32.2 Å². The number of nitrogens with one attached hydrogen (secondary N) is 1. The number of hydrogen-bond acceptors (Lipinski definition) is 6. The number of carboxylic acids is 1. The van der Waals surface area contributed by atoms with Gasteiger partial charge in [0, 0.05) is 0 Å². The highest BCUT2D eigenvalue weighted by Crippen LogP contribution is 2.18. The maximum absolute atomic E-state index is 12.4. The monoisotopic (exact) mass is 489 g/mol. The number of aliphatic carboxylic acids is 1. The van der Waals surface area contributed by atoms with Gasteiger partial charge in [0.05, 0.1) is 5.75 Å². The van der Waals surface area contributed by atoms with Gasteiger partial charge in [-0.3, -0.25) is 4.79 Å². The highest BCUT2D eigenvalue weighted by molar-refractivity contribution is 7.88. The molecule has 2 N–H and O–H groups in total. The summed E-state index contributed by atoms with van der Waals surface area (Å²) >= 11 is 0. The Labute approximate surface area is 193 Å². The molecule has 0 saturated carbocycles. The summed E-state index contributed by atoms with van der Waals surface area (Å²) < 4.78 is 56.6. The molecule has 0 aliphatic carbocycles. The van der Waals surface area contributed by atoms with Crippen molar-refractivity contribution in [3.63, 3.8) is 0 Å². The van der Waals surface area contributed by atoms with Crippen molar-refractivity contribution in [2.24, 2.45) is 0 Å². The van der Waals surface area contributed by atoms with Gasteiger partial charge in [-0.15, -0.1) is 0 Å². The molecule has 174 valence electrons. The molecule has 0 heterocycles. The van der Waals surface area contributed by atoms with E-state index in [4.69, 9.17) is 4.18 Å². The molecule has 3 aromatic carbocycles. The van der Waals surface area contributed by atoms with Crippen LogP contribution in [0.4, 0.5) is 0 Å². The standard InChI is InChI=1S/C23H23NO7S2/c25-23(26)22(24-32(27,28)16-19-7-3-1-4-8-19)15-18-11-13-21(14-12-18)31-33(29,30)17-20-9-5-2-6-10-20/h1-14,22,24H,15-17H2,(H,25,26). The summed E-state index contributed by atoms with van der Waals surface area (Å²) in [5, 5.41) is 9.48. The van der Waals surface area contributed by atoms with Gasteiger partial charge in [0.2, 0.25) is 10.0 Å². The quantitative estimate of drug-likeness (QED) is 0.397. The minimum atomic E-state index is -3.90. The minimum absolute atomic E-state index is 0.0752. The number of hydrogen-bond donors (Lipinski definition) is 2. The molecule has 33 heavy (non-hydrogen) atoms. The van der Waals surface area contributed by atoms with Gasteiger partial charge in [-0.2, -0.15) is 8.42 Å². The Morgan fingerprint density at radius 2 is 1.27 bits per heavy atom. The van der Waals surface area contributed by atoms with Crippen LogP contribution in [0.25, 0.3) is 0 Å². The van der Waals surface area contributed by atoms with Crippen molar-refractivity contribution >= 4 is 26.1 Å². The Morgan fingerprint density at radius 1 is 0.758 bits per heavy atom. The second kappa shape index (κ2) is 10.6. The molecule has 1 unspecified atom stereocenters. The van der Waals surface area contributed by atoms with E-state index in [1.807, 2.05) is 0 Å². The van der Waals surface area contributed by atoms with E-state index >= 15 is 0 Å². The van der Waals surface area contributed by atoms with Crippen LogP contribution < -0.4 is 8.91 Å². The Morgan fingerprint density at radius 3 is 1.79 bits per heavy atom. The lowest BCUT2D eigenvalue weighted by Crippen LogP contribution is -2.42. The van der Waals surface area contributed by atoms with Crippen molar-refractivity contribution < 1.29 is 30.9 Å². The minimum Gasteiger partial charge on any atom is -0.480 e. The van der Waals surface area contributed by atoms with E-state index in [0.29, 0.717) is 16.7 Å². The summed E-state index contributed by atoms with van der Waals surface area (Å²) in [6.45, 7) is 0.